The Hall–Kier alpha value is -4.00. The van der Waals surface area contributed by atoms with E-state index in [1.807, 2.05) is 54.3 Å². The summed E-state index contributed by atoms with van der Waals surface area (Å²) in [6, 6.07) is 17.5. The second-order valence-electron chi connectivity index (χ2n) is 8.77. The van der Waals surface area contributed by atoms with Crippen LogP contribution in [0.2, 0.25) is 0 Å². The van der Waals surface area contributed by atoms with E-state index in [9.17, 15) is 9.59 Å². The van der Waals surface area contributed by atoms with Crippen molar-refractivity contribution in [2.45, 2.75) is 32.9 Å². The van der Waals surface area contributed by atoms with E-state index in [4.69, 9.17) is 9.47 Å². The monoisotopic (exact) mass is 457 g/mol. The third-order valence-corrected chi connectivity index (χ3v) is 6.20. The number of carbonyl (C=O) groups is 2. The number of anilines is 3. The lowest BCUT2D eigenvalue weighted by Crippen LogP contribution is -2.39. The molecule has 0 bridgehead atoms. The number of aryl methyl sites for hydroxylation is 1. The first-order valence-corrected chi connectivity index (χ1v) is 11.3. The molecule has 0 fully saturated rings. The topological polar surface area (TPSA) is 79.9 Å². The summed E-state index contributed by atoms with van der Waals surface area (Å²) in [7, 11) is 1.57. The Bertz CT molecular complexity index is 1290. The number of hydrogen-bond donors (Lipinski definition) is 2. The molecule has 0 spiro atoms. The van der Waals surface area contributed by atoms with Gasteiger partial charge in [-0.25, -0.2) is 0 Å². The lowest BCUT2D eigenvalue weighted by atomic mass is 10.1. The van der Waals surface area contributed by atoms with Gasteiger partial charge in [-0.05, 0) is 54.3 Å². The normalized spacial score (nSPS) is 16.0. The Kier molecular flexibility index (Phi) is 5.61. The molecule has 0 saturated heterocycles. The van der Waals surface area contributed by atoms with Gasteiger partial charge >= 0.3 is 0 Å². The molecule has 2 aliphatic rings. The second-order valence-corrected chi connectivity index (χ2v) is 8.77. The summed E-state index contributed by atoms with van der Waals surface area (Å²) in [5.41, 5.74) is 6.13. The molecule has 7 heteroatoms. The van der Waals surface area contributed by atoms with Crippen LogP contribution in [-0.4, -0.2) is 31.5 Å². The number of para-hydroxylation sites is 1. The predicted octanol–water partition coefficient (Wildman–Crippen LogP) is 4.54. The SMILES string of the molecule is COc1cc2c(cc1OCc1cc(C)cc(NC(C)=O)c1)NC[C@@H]1Cc3ccccc3N1C2=O. The van der Waals surface area contributed by atoms with Crippen LogP contribution in [0, 0.1) is 6.92 Å². The first kappa shape index (κ1) is 21.8. The van der Waals surface area contributed by atoms with Crippen molar-refractivity contribution >= 4 is 28.9 Å². The molecule has 0 aromatic heterocycles. The van der Waals surface area contributed by atoms with E-state index < -0.39 is 0 Å². The van der Waals surface area contributed by atoms with E-state index in [1.54, 1.807) is 13.2 Å². The zero-order valence-corrected chi connectivity index (χ0v) is 19.5. The Morgan fingerprint density at radius 1 is 1.15 bits per heavy atom. The highest BCUT2D eigenvalue weighted by atomic mass is 16.5. The summed E-state index contributed by atoms with van der Waals surface area (Å²) in [6.07, 6.45) is 0.827. The molecule has 7 nitrogen and oxygen atoms in total. The Morgan fingerprint density at radius 2 is 1.97 bits per heavy atom. The second kappa shape index (κ2) is 8.74. The summed E-state index contributed by atoms with van der Waals surface area (Å²) in [5, 5.41) is 6.26. The number of carbonyl (C=O) groups excluding carboxylic acids is 2. The molecule has 0 aliphatic carbocycles. The zero-order valence-electron chi connectivity index (χ0n) is 19.5. The number of rotatable bonds is 5. The van der Waals surface area contributed by atoms with Gasteiger partial charge in [-0.2, -0.15) is 0 Å². The van der Waals surface area contributed by atoms with Crippen LogP contribution < -0.4 is 25.0 Å². The minimum absolute atomic E-state index is 0.0431. The summed E-state index contributed by atoms with van der Waals surface area (Å²) in [6.45, 7) is 4.39. The number of fused-ring (bicyclic) bond motifs is 4. The van der Waals surface area contributed by atoms with Crippen molar-refractivity contribution in [2.24, 2.45) is 0 Å². The number of ether oxygens (including phenoxy) is 2. The van der Waals surface area contributed by atoms with E-state index in [1.165, 1.54) is 12.5 Å². The van der Waals surface area contributed by atoms with Crippen LogP contribution in [0.25, 0.3) is 0 Å². The zero-order chi connectivity index (χ0) is 23.8. The fraction of sp³-hybridized carbons (Fsp3) is 0.259. The van der Waals surface area contributed by atoms with Gasteiger partial charge in [0.25, 0.3) is 5.91 Å². The first-order chi connectivity index (χ1) is 16.4. The molecule has 0 radical (unpaired) electrons. The van der Waals surface area contributed by atoms with Crippen molar-refractivity contribution in [2.75, 3.05) is 29.2 Å². The van der Waals surface area contributed by atoms with Crippen molar-refractivity contribution < 1.29 is 19.1 Å². The average molecular weight is 458 g/mol. The molecule has 2 N–H and O–H groups in total. The Balaban J connectivity index is 1.42. The maximum absolute atomic E-state index is 13.6. The van der Waals surface area contributed by atoms with Crippen LogP contribution in [0.3, 0.4) is 0 Å². The Labute approximate surface area is 198 Å². The summed E-state index contributed by atoms with van der Waals surface area (Å²) in [5.74, 6) is 0.878. The molecule has 3 aromatic carbocycles. The van der Waals surface area contributed by atoms with Crippen molar-refractivity contribution in [1.82, 2.24) is 0 Å². The molecule has 5 rings (SSSR count). The number of amides is 2. The predicted molar refractivity (Wildman–Crippen MR) is 132 cm³/mol. The van der Waals surface area contributed by atoms with Gasteiger partial charge in [-0.3, -0.25) is 9.59 Å². The smallest absolute Gasteiger partial charge is 0.260 e. The molecular weight excluding hydrogens is 430 g/mol. The number of nitrogens with zero attached hydrogens (tertiary/aromatic N) is 1. The van der Waals surface area contributed by atoms with Gasteiger partial charge in [0.05, 0.1) is 24.4 Å². The first-order valence-electron chi connectivity index (χ1n) is 11.3. The fourth-order valence-corrected chi connectivity index (χ4v) is 4.79. The molecular formula is C27H27N3O4. The molecule has 2 heterocycles. The minimum atomic E-state index is -0.122. The summed E-state index contributed by atoms with van der Waals surface area (Å²) < 4.78 is 11.7. The molecule has 2 amide bonds. The van der Waals surface area contributed by atoms with Crippen molar-refractivity contribution in [3.63, 3.8) is 0 Å². The third kappa shape index (κ3) is 4.05. The van der Waals surface area contributed by atoms with Crippen LogP contribution in [0.15, 0.2) is 54.6 Å². The van der Waals surface area contributed by atoms with Crippen LogP contribution in [0.4, 0.5) is 17.1 Å². The molecule has 2 aliphatic heterocycles. The maximum Gasteiger partial charge on any atom is 0.260 e. The van der Waals surface area contributed by atoms with Gasteiger partial charge < -0.3 is 25.0 Å². The lowest BCUT2D eigenvalue weighted by molar-refractivity contribution is -0.114. The quantitative estimate of drug-likeness (QED) is 0.588. The highest BCUT2D eigenvalue weighted by molar-refractivity contribution is 6.12. The largest absolute Gasteiger partial charge is 0.493 e. The minimum Gasteiger partial charge on any atom is -0.493 e. The molecule has 0 unspecified atom stereocenters. The van der Waals surface area contributed by atoms with E-state index in [0.717, 1.165) is 34.6 Å². The van der Waals surface area contributed by atoms with Crippen LogP contribution in [0.5, 0.6) is 11.5 Å². The maximum atomic E-state index is 13.6. The number of benzene rings is 3. The number of methoxy groups -OCH3 is 1. The van der Waals surface area contributed by atoms with E-state index in [2.05, 4.69) is 16.7 Å². The van der Waals surface area contributed by atoms with Gasteiger partial charge in [0, 0.05) is 30.9 Å². The highest BCUT2D eigenvalue weighted by Gasteiger charge is 2.37. The van der Waals surface area contributed by atoms with E-state index in [0.29, 0.717) is 30.2 Å². The molecule has 3 aromatic rings. The van der Waals surface area contributed by atoms with E-state index >= 15 is 0 Å². The molecule has 0 saturated carbocycles. The molecule has 1 atom stereocenters. The van der Waals surface area contributed by atoms with Crippen LogP contribution >= 0.6 is 0 Å². The number of hydrogen-bond acceptors (Lipinski definition) is 5. The van der Waals surface area contributed by atoms with Crippen LogP contribution in [-0.2, 0) is 17.8 Å². The summed E-state index contributed by atoms with van der Waals surface area (Å²) >= 11 is 0. The van der Waals surface area contributed by atoms with Crippen molar-refractivity contribution in [1.29, 1.82) is 0 Å². The molecule has 174 valence electrons. The third-order valence-electron chi connectivity index (χ3n) is 6.20. The standard InChI is InChI=1S/C27H27N3O4/c1-16-8-18(10-20(9-16)29-17(2)31)15-34-26-13-23-22(12-25(26)33-3)27(32)30-21(14-28-23)11-19-6-4-5-7-24(19)30/h4-10,12-13,21,28H,11,14-15H2,1-3H3,(H,29,31)/t21-/m0/s1. The Morgan fingerprint density at radius 3 is 2.76 bits per heavy atom. The molecule has 34 heavy (non-hydrogen) atoms. The highest BCUT2D eigenvalue weighted by Crippen LogP contribution is 2.40. The van der Waals surface area contributed by atoms with Crippen molar-refractivity contribution in [3.05, 3.63) is 76.9 Å². The average Bonchev–Trinajstić information content (AvgIpc) is 3.12. The fourth-order valence-electron chi connectivity index (χ4n) is 4.79. The van der Waals surface area contributed by atoms with Crippen LogP contribution in [0.1, 0.15) is 34.0 Å². The van der Waals surface area contributed by atoms with Gasteiger partial charge in [0.1, 0.15) is 6.61 Å². The summed E-state index contributed by atoms with van der Waals surface area (Å²) in [4.78, 5) is 26.9. The van der Waals surface area contributed by atoms with Gasteiger partial charge in [-0.15, -0.1) is 0 Å². The van der Waals surface area contributed by atoms with Gasteiger partial charge in [-0.1, -0.05) is 24.3 Å². The van der Waals surface area contributed by atoms with Crippen molar-refractivity contribution in [3.8, 4) is 11.5 Å². The van der Waals surface area contributed by atoms with Gasteiger partial charge in [0.2, 0.25) is 5.91 Å². The van der Waals surface area contributed by atoms with E-state index in [-0.39, 0.29) is 17.9 Å². The number of nitrogens with one attached hydrogen (secondary N) is 2. The lowest BCUT2D eigenvalue weighted by Gasteiger charge is -2.22. The van der Waals surface area contributed by atoms with Gasteiger partial charge in [0.15, 0.2) is 11.5 Å².